The van der Waals surface area contributed by atoms with E-state index in [-0.39, 0.29) is 29.6 Å². The molecule has 3 unspecified atom stereocenters. The van der Waals surface area contributed by atoms with Crippen LogP contribution in [0.1, 0.15) is 32.8 Å². The number of nitrogens with zero attached hydrogens (tertiary/aromatic N) is 1. The molecule has 2 aliphatic rings. The van der Waals surface area contributed by atoms with E-state index in [1.807, 2.05) is 0 Å². The predicted octanol–water partition coefficient (Wildman–Crippen LogP) is 1.56. The van der Waals surface area contributed by atoms with Crippen molar-refractivity contribution in [2.75, 3.05) is 17.4 Å². The Kier molecular flexibility index (Phi) is 5.71. The molecule has 8 nitrogen and oxygen atoms in total. The fourth-order valence-corrected chi connectivity index (χ4v) is 3.72. The first-order valence-corrected chi connectivity index (χ1v) is 10.1. The zero-order valence-corrected chi connectivity index (χ0v) is 17.1. The molecule has 1 aliphatic carbocycles. The highest BCUT2D eigenvalue weighted by atomic mass is 32.2. The largest absolute Gasteiger partial charge is 0.506 e. The van der Waals surface area contributed by atoms with Crippen LogP contribution in [0.4, 0.5) is 14.9 Å². The lowest BCUT2D eigenvalue weighted by molar-refractivity contribution is -0.117. The maximum absolute atomic E-state index is 14.8. The molecule has 10 heteroatoms. The fourth-order valence-electron chi connectivity index (χ4n) is 2.77. The summed E-state index contributed by atoms with van der Waals surface area (Å²) in [5.74, 6) is 4.05. The normalized spacial score (nSPS) is 23.1. The van der Waals surface area contributed by atoms with Gasteiger partial charge in [-0.2, -0.15) is 0 Å². The summed E-state index contributed by atoms with van der Waals surface area (Å²) in [5, 5.41) is 12.6. The van der Waals surface area contributed by atoms with Crippen LogP contribution in [-0.4, -0.2) is 40.0 Å². The number of anilines is 1. The summed E-state index contributed by atoms with van der Waals surface area (Å²) in [6.07, 6.45) is 0.274. The van der Waals surface area contributed by atoms with Crippen LogP contribution in [0.15, 0.2) is 12.1 Å². The minimum absolute atomic E-state index is 0.00533. The van der Waals surface area contributed by atoms with E-state index in [1.165, 1.54) is 12.1 Å². The lowest BCUT2D eigenvalue weighted by atomic mass is 10.1. The van der Waals surface area contributed by atoms with Crippen molar-refractivity contribution in [3.05, 3.63) is 23.5 Å². The van der Waals surface area contributed by atoms with Gasteiger partial charge in [0.15, 0.2) is 5.82 Å². The van der Waals surface area contributed by atoms with Gasteiger partial charge < -0.3 is 15.2 Å². The number of rotatable bonds is 3. The molecule has 1 saturated carbocycles. The van der Waals surface area contributed by atoms with Crippen LogP contribution in [0.2, 0.25) is 0 Å². The van der Waals surface area contributed by atoms with Crippen LogP contribution >= 0.6 is 0 Å². The van der Waals surface area contributed by atoms with Gasteiger partial charge >= 0.3 is 6.09 Å². The number of hydrogen-bond acceptors (Lipinski definition) is 5. The number of nitrogens with one attached hydrogen (secondary N) is 2. The molecule has 2 fully saturated rings. The van der Waals surface area contributed by atoms with E-state index in [2.05, 4.69) is 21.9 Å². The van der Waals surface area contributed by atoms with Crippen LogP contribution in [0.5, 0.6) is 5.75 Å². The van der Waals surface area contributed by atoms with E-state index in [0.717, 1.165) is 10.7 Å². The van der Waals surface area contributed by atoms with Crippen LogP contribution in [0.25, 0.3) is 0 Å². The van der Waals surface area contributed by atoms with Crippen LogP contribution in [0, 0.1) is 29.5 Å². The van der Waals surface area contributed by atoms with E-state index in [4.69, 9.17) is 4.74 Å². The zero-order chi connectivity index (χ0) is 21.3. The van der Waals surface area contributed by atoms with Gasteiger partial charge in [-0.15, -0.1) is 0 Å². The van der Waals surface area contributed by atoms with Gasteiger partial charge in [-0.25, -0.2) is 13.4 Å². The second-order valence-corrected chi connectivity index (χ2v) is 9.00. The molecule has 1 saturated heterocycles. The summed E-state index contributed by atoms with van der Waals surface area (Å²) >= 11 is -1.96. The third-order valence-corrected chi connectivity index (χ3v) is 5.37. The summed E-state index contributed by atoms with van der Waals surface area (Å²) in [4.78, 5) is 23.0. The standard InChI is InChI=1S/C19H22FN3O5S/c1-19(2,3)28-18(26)21-9-13-8-12(13)5-4-11-6-7-14(24)17(16(11)20)23-10-15(25)22-29(23)27/h6-7,12-13,24H,8-10H2,1-3H3,(H,21,26)(H,22,25). The number of alkyl carbamates (subject to hydrolysis) is 1. The maximum Gasteiger partial charge on any atom is 0.407 e. The van der Waals surface area contributed by atoms with E-state index < -0.39 is 40.3 Å². The highest BCUT2D eigenvalue weighted by Gasteiger charge is 2.36. The Hall–Kier alpha value is -2.80. The first-order valence-electron chi connectivity index (χ1n) is 9.04. The van der Waals surface area contributed by atoms with Gasteiger partial charge in [0.1, 0.15) is 23.6 Å². The van der Waals surface area contributed by atoms with Crippen molar-refractivity contribution >= 4 is 28.9 Å². The number of halogens is 1. The first-order chi connectivity index (χ1) is 13.5. The molecule has 3 rings (SSSR count). The Morgan fingerprint density at radius 2 is 2.21 bits per heavy atom. The van der Waals surface area contributed by atoms with Crippen molar-refractivity contribution in [3.63, 3.8) is 0 Å². The van der Waals surface area contributed by atoms with Crippen molar-refractivity contribution in [1.82, 2.24) is 10.0 Å². The number of benzene rings is 1. The van der Waals surface area contributed by atoms with E-state index >= 15 is 0 Å². The van der Waals surface area contributed by atoms with Crippen molar-refractivity contribution in [2.24, 2.45) is 11.8 Å². The number of phenolic OH excluding ortho intramolecular Hbond substituents is 1. The van der Waals surface area contributed by atoms with Gasteiger partial charge in [0.2, 0.25) is 11.2 Å². The number of carbonyl (C=O) groups excluding carboxylic acids is 2. The first kappa shape index (κ1) is 20.9. The smallest absolute Gasteiger partial charge is 0.407 e. The van der Waals surface area contributed by atoms with E-state index in [9.17, 15) is 23.3 Å². The van der Waals surface area contributed by atoms with Gasteiger partial charge in [0, 0.05) is 12.5 Å². The Labute approximate surface area is 170 Å². The van der Waals surface area contributed by atoms with E-state index in [0.29, 0.717) is 6.54 Å². The summed E-state index contributed by atoms with van der Waals surface area (Å²) in [5.41, 5.74) is -0.868. The Morgan fingerprint density at radius 3 is 2.83 bits per heavy atom. The third-order valence-electron chi connectivity index (χ3n) is 4.26. The lowest BCUT2D eigenvalue weighted by Gasteiger charge is -2.19. The van der Waals surface area contributed by atoms with Crippen molar-refractivity contribution in [2.45, 2.75) is 32.8 Å². The summed E-state index contributed by atoms with van der Waals surface area (Å²) in [6, 6.07) is 2.57. The topological polar surface area (TPSA) is 108 Å². The zero-order valence-electron chi connectivity index (χ0n) is 16.2. The Balaban J connectivity index is 1.64. The molecule has 1 aromatic carbocycles. The molecule has 3 atom stereocenters. The fraction of sp³-hybridized carbons (Fsp3) is 0.474. The molecule has 0 aromatic heterocycles. The molecule has 1 heterocycles. The van der Waals surface area contributed by atoms with Gasteiger partial charge in [-0.05, 0) is 45.2 Å². The highest BCUT2D eigenvalue weighted by molar-refractivity contribution is 7.85. The number of amides is 2. The molecular weight excluding hydrogens is 401 g/mol. The van der Waals surface area contributed by atoms with Crippen LogP contribution in [-0.2, 0) is 20.7 Å². The van der Waals surface area contributed by atoms with Crippen LogP contribution < -0.4 is 14.3 Å². The molecule has 1 aromatic rings. The van der Waals surface area contributed by atoms with Crippen LogP contribution in [0.3, 0.4) is 0 Å². The van der Waals surface area contributed by atoms with Crippen molar-refractivity contribution < 1.29 is 28.0 Å². The number of phenols is 1. The molecule has 2 amide bonds. The second-order valence-electron chi connectivity index (χ2n) is 7.86. The highest BCUT2D eigenvalue weighted by Crippen LogP contribution is 2.38. The minimum atomic E-state index is -1.96. The molecule has 29 heavy (non-hydrogen) atoms. The third kappa shape index (κ3) is 5.17. The second kappa shape index (κ2) is 7.91. The van der Waals surface area contributed by atoms with Gasteiger partial charge in [-0.3, -0.25) is 13.8 Å². The Bertz CT molecular complexity index is 934. The monoisotopic (exact) mass is 423 g/mol. The lowest BCUT2D eigenvalue weighted by Crippen LogP contribution is -2.33. The molecule has 0 bridgehead atoms. The Morgan fingerprint density at radius 1 is 1.48 bits per heavy atom. The van der Waals surface area contributed by atoms with Crippen molar-refractivity contribution in [1.29, 1.82) is 0 Å². The SMILES string of the molecule is CC(C)(C)OC(=O)NCC1CC1C#Cc1ccc(O)c(N2CC(=O)NS2=O)c1F. The molecule has 3 N–H and O–H groups in total. The van der Waals surface area contributed by atoms with Gasteiger partial charge in [0.25, 0.3) is 5.91 Å². The average molecular weight is 423 g/mol. The number of aromatic hydroxyl groups is 1. The molecule has 156 valence electrons. The summed E-state index contributed by atoms with van der Waals surface area (Å²) < 4.78 is 35.0. The maximum atomic E-state index is 14.8. The average Bonchev–Trinajstić information content (AvgIpc) is 3.27. The molecule has 0 spiro atoms. The van der Waals surface area contributed by atoms with E-state index in [1.54, 1.807) is 20.8 Å². The number of carbonyl (C=O) groups is 2. The molecule has 0 radical (unpaired) electrons. The minimum Gasteiger partial charge on any atom is -0.506 e. The van der Waals surface area contributed by atoms with Crippen molar-refractivity contribution in [3.8, 4) is 17.6 Å². The molecular formula is C19H22FN3O5S. The summed E-state index contributed by atoms with van der Waals surface area (Å²) in [6.45, 7) is 5.43. The molecule has 1 aliphatic heterocycles. The van der Waals surface area contributed by atoms with Gasteiger partial charge in [0.05, 0.1) is 5.56 Å². The predicted molar refractivity (Wildman–Crippen MR) is 104 cm³/mol. The summed E-state index contributed by atoms with van der Waals surface area (Å²) in [7, 11) is 0. The van der Waals surface area contributed by atoms with Gasteiger partial charge in [-0.1, -0.05) is 11.8 Å². The number of hydrogen-bond donors (Lipinski definition) is 3. The quantitative estimate of drug-likeness (QED) is 0.640. The number of ether oxygens (including phenoxy) is 1.